The maximum atomic E-state index is 4.27. The Morgan fingerprint density at radius 3 is 2.67 bits per heavy atom. The summed E-state index contributed by atoms with van der Waals surface area (Å²) in [5.41, 5.74) is 4.45. The summed E-state index contributed by atoms with van der Waals surface area (Å²) in [6, 6.07) is 8.74. The molecule has 2 aromatic rings. The van der Waals surface area contributed by atoms with Crippen molar-refractivity contribution in [2.45, 2.75) is 18.8 Å². The van der Waals surface area contributed by atoms with E-state index in [1.807, 2.05) is 17.9 Å². The molecule has 18 heavy (non-hydrogen) atoms. The largest absolute Gasteiger partial charge is 0.315 e. The monoisotopic (exact) mass is 241 g/mol. The highest BCUT2D eigenvalue weighted by molar-refractivity contribution is 5.38. The van der Waals surface area contributed by atoms with E-state index in [2.05, 4.69) is 47.8 Å². The van der Waals surface area contributed by atoms with Gasteiger partial charge in [0.15, 0.2) is 0 Å². The van der Waals surface area contributed by atoms with Gasteiger partial charge in [-0.2, -0.15) is 5.10 Å². The summed E-state index contributed by atoms with van der Waals surface area (Å²) in [6.45, 7) is 4.33. The summed E-state index contributed by atoms with van der Waals surface area (Å²) >= 11 is 0. The van der Waals surface area contributed by atoms with Crippen LogP contribution in [0, 0.1) is 6.92 Å². The van der Waals surface area contributed by atoms with Crippen LogP contribution in [0.4, 0.5) is 0 Å². The van der Waals surface area contributed by atoms with Crippen molar-refractivity contribution in [2.24, 2.45) is 7.05 Å². The van der Waals surface area contributed by atoms with Gasteiger partial charge in [-0.1, -0.05) is 24.3 Å². The van der Waals surface area contributed by atoms with Crippen molar-refractivity contribution in [2.75, 3.05) is 13.1 Å². The lowest BCUT2D eigenvalue weighted by Crippen LogP contribution is -2.58. The van der Waals surface area contributed by atoms with Crippen LogP contribution >= 0.6 is 0 Å². The summed E-state index contributed by atoms with van der Waals surface area (Å²) in [4.78, 5) is 0. The molecule has 3 heteroatoms. The number of nitrogens with one attached hydrogen (secondary N) is 1. The normalized spacial score (nSPS) is 17.4. The first kappa shape index (κ1) is 11.5. The molecular weight excluding hydrogens is 222 g/mol. The van der Waals surface area contributed by atoms with Gasteiger partial charge < -0.3 is 5.32 Å². The molecule has 0 amide bonds. The molecule has 1 fully saturated rings. The molecule has 1 aromatic carbocycles. The zero-order valence-corrected chi connectivity index (χ0v) is 11.0. The van der Waals surface area contributed by atoms with Crippen LogP contribution in [-0.4, -0.2) is 22.9 Å². The van der Waals surface area contributed by atoms with Crippen LogP contribution in [0.1, 0.15) is 16.7 Å². The third kappa shape index (κ3) is 1.85. The fourth-order valence-corrected chi connectivity index (χ4v) is 2.96. The van der Waals surface area contributed by atoms with Gasteiger partial charge in [-0.25, -0.2) is 0 Å². The Kier molecular flexibility index (Phi) is 2.71. The molecule has 0 saturated carbocycles. The van der Waals surface area contributed by atoms with E-state index in [4.69, 9.17) is 0 Å². The van der Waals surface area contributed by atoms with Gasteiger partial charge in [-0.15, -0.1) is 0 Å². The Labute approximate surface area is 108 Å². The van der Waals surface area contributed by atoms with E-state index in [9.17, 15) is 0 Å². The first-order chi connectivity index (χ1) is 8.70. The molecule has 0 spiro atoms. The van der Waals surface area contributed by atoms with Gasteiger partial charge in [-0.05, 0) is 30.0 Å². The molecule has 3 nitrogen and oxygen atoms in total. The second-order valence-electron chi connectivity index (χ2n) is 5.40. The highest BCUT2D eigenvalue weighted by atomic mass is 15.2. The zero-order chi connectivity index (χ0) is 12.6. The lowest BCUT2D eigenvalue weighted by molar-refractivity contribution is 0.273. The maximum Gasteiger partial charge on any atom is 0.0521 e. The minimum absolute atomic E-state index is 0.258. The highest BCUT2D eigenvalue weighted by Gasteiger charge is 2.39. The van der Waals surface area contributed by atoms with Crippen LogP contribution in [0.2, 0.25) is 0 Å². The zero-order valence-electron chi connectivity index (χ0n) is 11.0. The number of hydrogen-bond acceptors (Lipinski definition) is 2. The fourth-order valence-electron chi connectivity index (χ4n) is 2.96. The van der Waals surface area contributed by atoms with E-state index >= 15 is 0 Å². The van der Waals surface area contributed by atoms with E-state index < -0.39 is 0 Å². The van der Waals surface area contributed by atoms with E-state index in [-0.39, 0.29) is 5.41 Å². The third-order valence-electron chi connectivity index (χ3n) is 3.94. The lowest BCUT2D eigenvalue weighted by atomic mass is 9.70. The molecule has 0 atom stereocenters. The van der Waals surface area contributed by atoms with Gasteiger partial charge >= 0.3 is 0 Å². The van der Waals surface area contributed by atoms with Crippen molar-refractivity contribution in [3.8, 4) is 0 Å². The minimum atomic E-state index is 0.258. The number of aryl methyl sites for hydroxylation is 2. The van der Waals surface area contributed by atoms with Crippen LogP contribution < -0.4 is 5.32 Å². The van der Waals surface area contributed by atoms with Crippen LogP contribution in [0.15, 0.2) is 36.7 Å². The van der Waals surface area contributed by atoms with Crippen molar-refractivity contribution in [1.29, 1.82) is 0 Å². The molecule has 2 heterocycles. The van der Waals surface area contributed by atoms with Gasteiger partial charge in [-0.3, -0.25) is 4.68 Å². The number of aromatic nitrogens is 2. The standard InChI is InChI=1S/C15H19N3/c1-12-5-3-4-6-14(12)15(10-16-11-15)7-13-8-17-18(2)9-13/h3-6,8-9,16H,7,10-11H2,1-2H3. The Balaban J connectivity index is 1.93. The van der Waals surface area contributed by atoms with Crippen molar-refractivity contribution >= 4 is 0 Å². The lowest BCUT2D eigenvalue weighted by Gasteiger charge is -2.44. The summed E-state index contributed by atoms with van der Waals surface area (Å²) in [6.07, 6.45) is 5.18. The fraction of sp³-hybridized carbons (Fsp3) is 0.400. The molecule has 3 rings (SSSR count). The van der Waals surface area contributed by atoms with Gasteiger partial charge in [0.05, 0.1) is 6.20 Å². The number of nitrogens with zero attached hydrogens (tertiary/aromatic N) is 2. The average Bonchev–Trinajstić information content (AvgIpc) is 2.71. The van der Waals surface area contributed by atoms with Crippen molar-refractivity contribution < 1.29 is 0 Å². The first-order valence-corrected chi connectivity index (χ1v) is 6.44. The van der Waals surface area contributed by atoms with E-state index in [0.29, 0.717) is 0 Å². The molecule has 1 saturated heterocycles. The van der Waals surface area contributed by atoms with Gasteiger partial charge in [0.1, 0.15) is 0 Å². The molecule has 1 aliphatic rings. The molecule has 1 aliphatic heterocycles. The number of benzene rings is 1. The van der Waals surface area contributed by atoms with E-state index in [0.717, 1.165) is 19.5 Å². The first-order valence-electron chi connectivity index (χ1n) is 6.44. The SMILES string of the molecule is Cc1ccccc1C1(Cc2cnn(C)c2)CNC1. The van der Waals surface area contributed by atoms with Crippen LogP contribution in [0.5, 0.6) is 0 Å². The van der Waals surface area contributed by atoms with Gasteiger partial charge in [0.2, 0.25) is 0 Å². The van der Waals surface area contributed by atoms with E-state index in [1.54, 1.807) is 0 Å². The van der Waals surface area contributed by atoms with Crippen LogP contribution in [0.3, 0.4) is 0 Å². The van der Waals surface area contributed by atoms with Gasteiger partial charge in [0.25, 0.3) is 0 Å². The van der Waals surface area contributed by atoms with Gasteiger partial charge in [0, 0.05) is 31.7 Å². The second kappa shape index (κ2) is 4.25. The molecular formula is C15H19N3. The van der Waals surface area contributed by atoms with Crippen molar-refractivity contribution in [1.82, 2.24) is 15.1 Å². The molecule has 0 aliphatic carbocycles. The molecule has 0 bridgehead atoms. The van der Waals surface area contributed by atoms with E-state index in [1.165, 1.54) is 16.7 Å². The number of rotatable bonds is 3. The average molecular weight is 241 g/mol. The predicted octanol–water partition coefficient (Wildman–Crippen LogP) is 1.81. The predicted molar refractivity (Wildman–Crippen MR) is 72.6 cm³/mol. The second-order valence-corrected chi connectivity index (χ2v) is 5.40. The maximum absolute atomic E-state index is 4.27. The summed E-state index contributed by atoms with van der Waals surface area (Å²) < 4.78 is 1.88. The quantitative estimate of drug-likeness (QED) is 0.888. The Morgan fingerprint density at radius 1 is 1.33 bits per heavy atom. The van der Waals surface area contributed by atoms with Crippen LogP contribution in [-0.2, 0) is 18.9 Å². The summed E-state index contributed by atoms with van der Waals surface area (Å²) in [7, 11) is 1.98. The minimum Gasteiger partial charge on any atom is -0.315 e. The van der Waals surface area contributed by atoms with Crippen molar-refractivity contribution in [3.63, 3.8) is 0 Å². The molecule has 1 N–H and O–H groups in total. The molecule has 0 unspecified atom stereocenters. The highest BCUT2D eigenvalue weighted by Crippen LogP contribution is 2.34. The third-order valence-corrected chi connectivity index (χ3v) is 3.94. The summed E-state index contributed by atoms with van der Waals surface area (Å²) in [5.74, 6) is 0. The van der Waals surface area contributed by atoms with Crippen LogP contribution in [0.25, 0.3) is 0 Å². The molecule has 1 aromatic heterocycles. The number of hydrogen-bond donors (Lipinski definition) is 1. The Bertz CT molecular complexity index is 552. The summed E-state index contributed by atoms with van der Waals surface area (Å²) in [5, 5.41) is 7.70. The molecule has 0 radical (unpaired) electrons. The Morgan fingerprint density at radius 2 is 2.11 bits per heavy atom. The van der Waals surface area contributed by atoms with Crippen molar-refractivity contribution in [3.05, 3.63) is 53.3 Å². The smallest absolute Gasteiger partial charge is 0.0521 e. The topological polar surface area (TPSA) is 29.9 Å². The molecule has 94 valence electrons. The Hall–Kier alpha value is -1.61.